The minimum absolute atomic E-state index is 0.126. The molecule has 0 amide bonds. The molecule has 6 unspecified atom stereocenters. The predicted molar refractivity (Wildman–Crippen MR) is 87.8 cm³/mol. The van der Waals surface area contributed by atoms with Gasteiger partial charge in [-0.05, 0) is 97.2 Å². The summed E-state index contributed by atoms with van der Waals surface area (Å²) in [6.07, 6.45) is 5.35. The van der Waals surface area contributed by atoms with Crippen LogP contribution >= 0.6 is 22.6 Å². The first-order valence-electron chi connectivity index (χ1n) is 8.02. The summed E-state index contributed by atoms with van der Waals surface area (Å²) >= 11 is 2.26. The van der Waals surface area contributed by atoms with Gasteiger partial charge in [-0.15, -0.1) is 0 Å². The maximum absolute atomic E-state index is 12.5. The van der Waals surface area contributed by atoms with E-state index in [1.807, 2.05) is 24.3 Å². The molecular formula is C18H19IO2. The molecule has 0 N–H and O–H groups in total. The van der Waals surface area contributed by atoms with Crippen molar-refractivity contribution in [1.29, 1.82) is 0 Å². The molecule has 0 aromatic heterocycles. The Labute approximate surface area is 138 Å². The fourth-order valence-electron chi connectivity index (χ4n) is 6.49. The number of carbonyl (C=O) groups excluding carboxylic acids is 1. The Morgan fingerprint density at radius 1 is 1.24 bits per heavy atom. The fraction of sp³-hybridized carbons (Fsp3) is 0.611. The molecule has 21 heavy (non-hydrogen) atoms. The van der Waals surface area contributed by atoms with Crippen molar-refractivity contribution in [3.8, 4) is 0 Å². The lowest BCUT2D eigenvalue weighted by Crippen LogP contribution is -2.83. The number of hydrogen-bond acceptors (Lipinski definition) is 2. The van der Waals surface area contributed by atoms with Crippen molar-refractivity contribution in [1.82, 2.24) is 0 Å². The molecule has 2 nitrogen and oxygen atoms in total. The zero-order valence-corrected chi connectivity index (χ0v) is 14.3. The van der Waals surface area contributed by atoms with Crippen LogP contribution in [0.15, 0.2) is 24.3 Å². The molecular weight excluding hydrogens is 375 g/mol. The van der Waals surface area contributed by atoms with E-state index < -0.39 is 0 Å². The molecule has 5 bridgehead atoms. The first kappa shape index (κ1) is 12.9. The molecule has 1 aromatic rings. The largest absolute Gasteiger partial charge is 0.455 e. The second-order valence-corrected chi connectivity index (χ2v) is 9.04. The van der Waals surface area contributed by atoms with Crippen LogP contribution in [0.3, 0.4) is 0 Å². The summed E-state index contributed by atoms with van der Waals surface area (Å²) in [5.74, 6) is 3.25. The number of hydrogen-bond donors (Lipinski definition) is 0. The molecule has 1 spiro atoms. The standard InChI is InChI=1S/C18H19IO2/c1-17(21-16(20)11-2-4-13(19)5-3-11)14-7-10-6-12-9-18(17,8-10)15(12)14/h2-5,10,12,14-15H,6-9H2,1H3. The van der Waals surface area contributed by atoms with Crippen molar-refractivity contribution in [3.05, 3.63) is 33.4 Å². The third-order valence-electron chi connectivity index (χ3n) is 7.16. The van der Waals surface area contributed by atoms with Gasteiger partial charge in [-0.1, -0.05) is 0 Å². The van der Waals surface area contributed by atoms with Crippen LogP contribution in [0.2, 0.25) is 0 Å². The molecule has 6 atom stereocenters. The van der Waals surface area contributed by atoms with Crippen molar-refractivity contribution < 1.29 is 9.53 Å². The summed E-state index contributed by atoms with van der Waals surface area (Å²) < 4.78 is 7.27. The molecule has 7 fully saturated rings. The van der Waals surface area contributed by atoms with Crippen molar-refractivity contribution in [2.75, 3.05) is 0 Å². The topological polar surface area (TPSA) is 26.3 Å². The zero-order chi connectivity index (χ0) is 14.4. The normalized spacial score (nSPS) is 48.3. The van der Waals surface area contributed by atoms with E-state index in [2.05, 4.69) is 29.5 Å². The Morgan fingerprint density at radius 3 is 2.62 bits per heavy atom. The molecule has 0 heterocycles. The van der Waals surface area contributed by atoms with Crippen LogP contribution in [0.1, 0.15) is 43.0 Å². The van der Waals surface area contributed by atoms with Crippen molar-refractivity contribution in [2.24, 2.45) is 29.1 Å². The molecule has 1 aromatic carbocycles. The Hall–Kier alpha value is -0.580. The third-order valence-corrected chi connectivity index (χ3v) is 7.88. The Balaban J connectivity index is 1.42. The van der Waals surface area contributed by atoms with Gasteiger partial charge in [0.05, 0.1) is 5.56 Å². The van der Waals surface area contributed by atoms with E-state index in [0.29, 0.717) is 16.9 Å². The smallest absolute Gasteiger partial charge is 0.338 e. The monoisotopic (exact) mass is 394 g/mol. The highest BCUT2D eigenvalue weighted by molar-refractivity contribution is 14.1. The van der Waals surface area contributed by atoms with Crippen molar-refractivity contribution >= 4 is 28.6 Å². The van der Waals surface area contributed by atoms with Gasteiger partial charge < -0.3 is 4.74 Å². The van der Waals surface area contributed by atoms with E-state index in [0.717, 1.165) is 21.3 Å². The van der Waals surface area contributed by atoms with Crippen LogP contribution in [0.5, 0.6) is 0 Å². The highest BCUT2D eigenvalue weighted by atomic mass is 127. The van der Waals surface area contributed by atoms with E-state index in [9.17, 15) is 4.79 Å². The van der Waals surface area contributed by atoms with E-state index in [1.165, 1.54) is 25.7 Å². The van der Waals surface area contributed by atoms with Gasteiger partial charge in [0.25, 0.3) is 0 Å². The summed E-state index contributed by atoms with van der Waals surface area (Å²) in [5.41, 5.74) is 0.854. The highest BCUT2D eigenvalue weighted by Gasteiger charge is 2.83. The number of carbonyl (C=O) groups is 1. The maximum Gasteiger partial charge on any atom is 0.338 e. The number of rotatable bonds is 2. The van der Waals surface area contributed by atoms with Gasteiger partial charge in [-0.25, -0.2) is 4.79 Å². The van der Waals surface area contributed by atoms with Crippen LogP contribution < -0.4 is 0 Å². The van der Waals surface area contributed by atoms with E-state index >= 15 is 0 Å². The molecule has 8 rings (SSSR count). The van der Waals surface area contributed by atoms with Gasteiger partial charge in [-0.3, -0.25) is 0 Å². The minimum Gasteiger partial charge on any atom is -0.455 e. The number of ether oxygens (including phenoxy) is 1. The first-order valence-corrected chi connectivity index (χ1v) is 9.10. The molecule has 0 aliphatic heterocycles. The summed E-state index contributed by atoms with van der Waals surface area (Å²) in [4.78, 5) is 12.5. The SMILES string of the molecule is CC1(OC(=O)c2ccc(I)cc2)C2CC3CC4CC1(C3)C42. The lowest BCUT2D eigenvalue weighted by atomic mass is 9.22. The number of halogens is 1. The number of benzene rings is 1. The van der Waals surface area contributed by atoms with Crippen LogP contribution in [-0.2, 0) is 4.74 Å². The van der Waals surface area contributed by atoms with Crippen LogP contribution in [0, 0.1) is 32.7 Å². The lowest BCUT2D eigenvalue weighted by molar-refractivity contribution is -0.389. The van der Waals surface area contributed by atoms with Crippen LogP contribution in [-0.4, -0.2) is 11.6 Å². The quantitative estimate of drug-likeness (QED) is 0.553. The summed E-state index contributed by atoms with van der Waals surface area (Å²) in [5, 5.41) is 0. The second kappa shape index (κ2) is 3.84. The highest BCUT2D eigenvalue weighted by Crippen LogP contribution is 2.84. The molecule has 7 aliphatic rings. The molecule has 7 saturated carbocycles. The Kier molecular flexibility index (Phi) is 2.36. The first-order chi connectivity index (χ1) is 10.0. The predicted octanol–water partition coefficient (Wildman–Crippen LogP) is 4.27. The van der Waals surface area contributed by atoms with Crippen molar-refractivity contribution in [3.63, 3.8) is 0 Å². The number of esters is 1. The van der Waals surface area contributed by atoms with Crippen LogP contribution in [0.25, 0.3) is 0 Å². The zero-order valence-electron chi connectivity index (χ0n) is 12.1. The summed E-state index contributed by atoms with van der Waals surface area (Å²) in [6, 6.07) is 7.71. The fourth-order valence-corrected chi connectivity index (χ4v) is 6.85. The molecule has 3 heteroatoms. The molecule has 7 aliphatic carbocycles. The lowest BCUT2D eigenvalue weighted by Gasteiger charge is -2.83. The van der Waals surface area contributed by atoms with E-state index in [4.69, 9.17) is 4.74 Å². The minimum atomic E-state index is -0.189. The Morgan fingerprint density at radius 2 is 2.00 bits per heavy atom. The van der Waals surface area contributed by atoms with E-state index in [1.54, 1.807) is 0 Å². The maximum atomic E-state index is 12.5. The van der Waals surface area contributed by atoms with Crippen molar-refractivity contribution in [2.45, 2.75) is 38.2 Å². The average Bonchev–Trinajstić information content (AvgIpc) is 2.46. The van der Waals surface area contributed by atoms with Gasteiger partial charge in [0.2, 0.25) is 0 Å². The molecule has 110 valence electrons. The van der Waals surface area contributed by atoms with Gasteiger partial charge in [0.1, 0.15) is 5.60 Å². The van der Waals surface area contributed by atoms with Crippen LogP contribution in [0.4, 0.5) is 0 Å². The molecule has 0 saturated heterocycles. The summed E-state index contributed by atoms with van der Waals surface area (Å²) in [6.45, 7) is 2.22. The molecule has 0 radical (unpaired) electrons. The average molecular weight is 394 g/mol. The van der Waals surface area contributed by atoms with Gasteiger partial charge in [0, 0.05) is 14.9 Å². The van der Waals surface area contributed by atoms with Gasteiger partial charge in [0.15, 0.2) is 0 Å². The van der Waals surface area contributed by atoms with E-state index in [-0.39, 0.29) is 11.6 Å². The summed E-state index contributed by atoms with van der Waals surface area (Å²) in [7, 11) is 0. The Bertz CT molecular complexity index is 637. The third kappa shape index (κ3) is 1.38. The second-order valence-electron chi connectivity index (χ2n) is 7.80. The van der Waals surface area contributed by atoms with Gasteiger partial charge >= 0.3 is 5.97 Å². The van der Waals surface area contributed by atoms with Gasteiger partial charge in [-0.2, -0.15) is 0 Å².